The summed E-state index contributed by atoms with van der Waals surface area (Å²) in [5.41, 5.74) is 0.936. The smallest absolute Gasteiger partial charge is 0.235 e. The van der Waals surface area contributed by atoms with Crippen LogP contribution in [0.2, 0.25) is 5.02 Å². The number of anilines is 1. The maximum atomic E-state index is 12.3. The predicted octanol–water partition coefficient (Wildman–Crippen LogP) is 2.64. The Hall–Kier alpha value is -2.39. The Balaban J connectivity index is 1.37. The van der Waals surface area contributed by atoms with Crippen LogP contribution >= 0.6 is 23.4 Å². The Morgan fingerprint density at radius 3 is 2.96 bits per heavy atom. The lowest BCUT2D eigenvalue weighted by molar-refractivity contribution is -0.113. The zero-order valence-electron chi connectivity index (χ0n) is 13.7. The molecule has 0 saturated heterocycles. The maximum absolute atomic E-state index is 12.3. The molecule has 1 fully saturated rings. The molecule has 0 radical (unpaired) electrons. The lowest BCUT2D eigenvalue weighted by Crippen LogP contribution is -2.18. The number of benzene rings is 1. The number of nitrogens with zero attached hydrogens (tertiary/aromatic N) is 6. The molecule has 2 aromatic heterocycles. The third-order valence-corrected chi connectivity index (χ3v) is 5.25. The van der Waals surface area contributed by atoms with E-state index in [0.717, 1.165) is 18.4 Å². The number of hydrogen-bond acceptors (Lipinski definition) is 6. The van der Waals surface area contributed by atoms with Crippen molar-refractivity contribution in [2.75, 3.05) is 11.1 Å². The molecule has 0 spiro atoms. The van der Waals surface area contributed by atoms with Gasteiger partial charge < -0.3 is 5.32 Å². The van der Waals surface area contributed by atoms with E-state index in [1.807, 2.05) is 24.3 Å². The van der Waals surface area contributed by atoms with Crippen molar-refractivity contribution in [3.05, 3.63) is 47.1 Å². The summed E-state index contributed by atoms with van der Waals surface area (Å²) in [5, 5.41) is 20.1. The summed E-state index contributed by atoms with van der Waals surface area (Å²) in [4.78, 5) is 12.3. The van der Waals surface area contributed by atoms with Gasteiger partial charge in [0.2, 0.25) is 11.1 Å². The van der Waals surface area contributed by atoms with E-state index in [9.17, 15) is 4.79 Å². The molecule has 1 amide bonds. The zero-order valence-corrected chi connectivity index (χ0v) is 15.3. The molecule has 1 saturated carbocycles. The van der Waals surface area contributed by atoms with Gasteiger partial charge in [-0.05, 0) is 34.9 Å². The number of aromatic nitrogens is 6. The molecule has 1 aliphatic rings. The molecule has 0 aliphatic heterocycles. The van der Waals surface area contributed by atoms with Gasteiger partial charge in [0.25, 0.3) is 0 Å². The van der Waals surface area contributed by atoms with E-state index in [-0.39, 0.29) is 11.7 Å². The quantitative estimate of drug-likeness (QED) is 0.625. The van der Waals surface area contributed by atoms with Crippen LogP contribution in [0.1, 0.15) is 24.4 Å². The van der Waals surface area contributed by atoms with Crippen LogP contribution in [0, 0.1) is 0 Å². The largest absolute Gasteiger partial charge is 0.310 e. The van der Waals surface area contributed by atoms with Crippen LogP contribution in [0.15, 0.2) is 41.7 Å². The second-order valence-electron chi connectivity index (χ2n) is 5.94. The third kappa shape index (κ3) is 3.88. The fourth-order valence-electron chi connectivity index (χ4n) is 2.49. The highest BCUT2D eigenvalue weighted by atomic mass is 35.5. The van der Waals surface area contributed by atoms with Crippen LogP contribution in [0.5, 0.6) is 0 Å². The van der Waals surface area contributed by atoms with Gasteiger partial charge in [0.1, 0.15) is 5.82 Å². The number of carbonyl (C=O) groups is 1. The minimum Gasteiger partial charge on any atom is -0.310 e. The summed E-state index contributed by atoms with van der Waals surface area (Å²) in [6.07, 6.45) is 3.82. The number of hydrogen-bond donors (Lipinski definition) is 1. The zero-order chi connectivity index (χ0) is 17.9. The normalized spacial score (nSPS) is 13.7. The molecular weight excluding hydrogens is 374 g/mol. The number of nitrogens with one attached hydrogen (secondary N) is 1. The van der Waals surface area contributed by atoms with E-state index in [4.69, 9.17) is 11.6 Å². The average molecular weight is 390 g/mol. The Morgan fingerprint density at radius 2 is 2.15 bits per heavy atom. The highest BCUT2D eigenvalue weighted by molar-refractivity contribution is 7.99. The summed E-state index contributed by atoms with van der Waals surface area (Å²) >= 11 is 7.53. The second kappa shape index (κ2) is 7.46. The van der Waals surface area contributed by atoms with E-state index < -0.39 is 0 Å². The molecule has 0 atom stereocenters. The van der Waals surface area contributed by atoms with Gasteiger partial charge in [0.15, 0.2) is 0 Å². The molecule has 26 heavy (non-hydrogen) atoms. The number of thioether (sulfide) groups is 1. The van der Waals surface area contributed by atoms with Crippen molar-refractivity contribution >= 4 is 35.1 Å². The van der Waals surface area contributed by atoms with Gasteiger partial charge in [-0.2, -0.15) is 5.10 Å². The predicted molar refractivity (Wildman–Crippen MR) is 98.2 cm³/mol. The SMILES string of the molecule is O=C(CSc1nnnn1C1CC1)Nc1ccnn1Cc1ccccc1Cl. The lowest BCUT2D eigenvalue weighted by Gasteiger charge is -2.10. The number of carbonyl (C=O) groups excluding carboxylic acids is 1. The highest BCUT2D eigenvalue weighted by Crippen LogP contribution is 2.36. The summed E-state index contributed by atoms with van der Waals surface area (Å²) in [6.45, 7) is 0.482. The Kier molecular flexibility index (Phi) is 4.89. The minimum absolute atomic E-state index is 0.138. The van der Waals surface area contributed by atoms with Crippen molar-refractivity contribution in [2.24, 2.45) is 0 Å². The van der Waals surface area contributed by atoms with Gasteiger partial charge in [0.05, 0.1) is 24.5 Å². The maximum Gasteiger partial charge on any atom is 0.235 e. The fraction of sp³-hybridized carbons (Fsp3) is 0.312. The summed E-state index contributed by atoms with van der Waals surface area (Å²) in [5.74, 6) is 0.711. The topological polar surface area (TPSA) is 90.5 Å². The third-order valence-electron chi connectivity index (χ3n) is 3.95. The van der Waals surface area contributed by atoms with Crippen LogP contribution in [0.3, 0.4) is 0 Å². The van der Waals surface area contributed by atoms with E-state index in [0.29, 0.717) is 28.6 Å². The summed E-state index contributed by atoms with van der Waals surface area (Å²) in [6, 6.07) is 9.71. The van der Waals surface area contributed by atoms with Crippen molar-refractivity contribution in [2.45, 2.75) is 30.6 Å². The average Bonchev–Trinajstić information content (AvgIpc) is 3.22. The molecule has 4 rings (SSSR count). The van der Waals surface area contributed by atoms with Crippen molar-refractivity contribution in [1.29, 1.82) is 0 Å². The number of rotatable bonds is 7. The van der Waals surface area contributed by atoms with Crippen LogP contribution < -0.4 is 5.32 Å². The van der Waals surface area contributed by atoms with Crippen LogP contribution in [-0.2, 0) is 11.3 Å². The van der Waals surface area contributed by atoms with E-state index >= 15 is 0 Å². The standard InChI is InChI=1S/C16H16ClN7OS/c17-13-4-2-1-3-11(13)9-23-14(7-8-18-23)19-15(25)10-26-16-20-21-22-24(16)12-5-6-12/h1-4,7-8,12H,5-6,9-10H2,(H,19,25). The van der Waals surface area contributed by atoms with Gasteiger partial charge in [-0.3, -0.25) is 4.79 Å². The molecule has 8 nitrogen and oxygen atoms in total. The first-order valence-electron chi connectivity index (χ1n) is 8.16. The van der Waals surface area contributed by atoms with Gasteiger partial charge in [-0.1, -0.05) is 41.6 Å². The molecule has 3 aromatic rings. The first-order chi connectivity index (χ1) is 12.7. The fourth-order valence-corrected chi connectivity index (χ4v) is 3.43. The number of halogens is 1. The Labute approximate surface area is 158 Å². The van der Waals surface area contributed by atoms with Crippen molar-refractivity contribution in [3.63, 3.8) is 0 Å². The first-order valence-corrected chi connectivity index (χ1v) is 9.53. The van der Waals surface area contributed by atoms with Crippen molar-refractivity contribution in [1.82, 2.24) is 30.0 Å². The van der Waals surface area contributed by atoms with E-state index in [1.165, 1.54) is 11.8 Å². The van der Waals surface area contributed by atoms with Crippen molar-refractivity contribution in [3.8, 4) is 0 Å². The Morgan fingerprint density at radius 1 is 1.31 bits per heavy atom. The Bertz CT molecular complexity index is 921. The van der Waals surface area contributed by atoms with Gasteiger partial charge in [-0.15, -0.1) is 5.10 Å². The van der Waals surface area contributed by atoms with Crippen LogP contribution in [0.25, 0.3) is 0 Å². The van der Waals surface area contributed by atoms with Crippen LogP contribution in [-0.4, -0.2) is 41.6 Å². The second-order valence-corrected chi connectivity index (χ2v) is 7.29. The van der Waals surface area contributed by atoms with Crippen LogP contribution in [0.4, 0.5) is 5.82 Å². The van der Waals surface area contributed by atoms with E-state index in [2.05, 4.69) is 25.9 Å². The summed E-state index contributed by atoms with van der Waals surface area (Å²) in [7, 11) is 0. The van der Waals surface area contributed by atoms with Gasteiger partial charge in [-0.25, -0.2) is 9.36 Å². The molecule has 2 heterocycles. The summed E-state index contributed by atoms with van der Waals surface area (Å²) < 4.78 is 3.50. The monoisotopic (exact) mass is 389 g/mol. The first kappa shape index (κ1) is 17.0. The lowest BCUT2D eigenvalue weighted by atomic mass is 10.2. The van der Waals surface area contributed by atoms with E-state index in [1.54, 1.807) is 21.6 Å². The molecule has 0 unspecified atom stereocenters. The molecule has 1 N–H and O–H groups in total. The molecule has 0 bridgehead atoms. The molecule has 1 aliphatic carbocycles. The number of tetrazole rings is 1. The molecule has 134 valence electrons. The number of amides is 1. The highest BCUT2D eigenvalue weighted by Gasteiger charge is 2.28. The van der Waals surface area contributed by atoms with Gasteiger partial charge >= 0.3 is 0 Å². The minimum atomic E-state index is -0.138. The molecule has 1 aromatic carbocycles. The molecule has 10 heteroatoms. The van der Waals surface area contributed by atoms with Gasteiger partial charge in [0, 0.05) is 11.1 Å². The molecular formula is C16H16ClN7OS. The van der Waals surface area contributed by atoms with Crippen molar-refractivity contribution < 1.29 is 4.79 Å².